The van der Waals surface area contributed by atoms with Crippen LogP contribution in [0.5, 0.6) is 0 Å². The van der Waals surface area contributed by atoms with Crippen LogP contribution in [0.1, 0.15) is 27.2 Å². The summed E-state index contributed by atoms with van der Waals surface area (Å²) in [6.45, 7) is 2.43. The van der Waals surface area contributed by atoms with Crippen LogP contribution < -0.4 is 10.6 Å². The predicted molar refractivity (Wildman–Crippen MR) is 111 cm³/mol. The van der Waals surface area contributed by atoms with E-state index < -0.39 is 6.03 Å². The second-order valence-corrected chi connectivity index (χ2v) is 7.42. The molecule has 0 unspecified atom stereocenters. The van der Waals surface area contributed by atoms with Gasteiger partial charge in [0.25, 0.3) is 5.91 Å². The van der Waals surface area contributed by atoms with Crippen LogP contribution in [0.2, 0.25) is 0 Å². The molecule has 6 nitrogen and oxygen atoms in total. The highest BCUT2D eigenvalue weighted by molar-refractivity contribution is 7.13. The zero-order chi connectivity index (χ0) is 20.8. The molecule has 1 aromatic heterocycles. The van der Waals surface area contributed by atoms with Crippen LogP contribution in [-0.4, -0.2) is 28.9 Å². The molecule has 0 atom stereocenters. The van der Waals surface area contributed by atoms with Gasteiger partial charge in [-0.25, -0.2) is 14.2 Å². The Morgan fingerprint density at radius 2 is 1.97 bits per heavy atom. The third-order valence-electron chi connectivity index (χ3n) is 4.24. The van der Waals surface area contributed by atoms with E-state index in [1.54, 1.807) is 35.5 Å². The number of amides is 3. The van der Waals surface area contributed by atoms with Crippen LogP contribution in [0.25, 0.3) is 0 Å². The van der Waals surface area contributed by atoms with Gasteiger partial charge in [0.1, 0.15) is 5.82 Å². The van der Waals surface area contributed by atoms with Crippen molar-refractivity contribution in [3.8, 4) is 0 Å². The molecular weight excluding hydrogens is 391 g/mol. The zero-order valence-electron chi connectivity index (χ0n) is 16.1. The molecule has 3 aromatic rings. The van der Waals surface area contributed by atoms with E-state index in [0.29, 0.717) is 28.5 Å². The fourth-order valence-electron chi connectivity index (χ4n) is 2.74. The Morgan fingerprint density at radius 1 is 1.17 bits per heavy atom. The Labute approximate surface area is 172 Å². The molecule has 29 heavy (non-hydrogen) atoms. The van der Waals surface area contributed by atoms with Crippen molar-refractivity contribution >= 4 is 28.4 Å². The number of nitrogens with one attached hydrogen (secondary N) is 2. The van der Waals surface area contributed by atoms with Crippen molar-refractivity contribution in [2.45, 2.75) is 20.0 Å². The van der Waals surface area contributed by atoms with E-state index in [2.05, 4.69) is 15.6 Å². The molecule has 0 spiro atoms. The molecule has 0 saturated carbocycles. The molecule has 0 aliphatic carbocycles. The van der Waals surface area contributed by atoms with Crippen LogP contribution >= 0.6 is 11.3 Å². The highest BCUT2D eigenvalue weighted by Crippen LogP contribution is 2.18. The monoisotopic (exact) mass is 412 g/mol. The number of nitrogens with zero attached hydrogens (tertiary/aromatic N) is 2. The molecule has 2 aromatic carbocycles. The number of thiazole rings is 1. The first-order chi connectivity index (χ1) is 13.9. The zero-order valence-corrected chi connectivity index (χ0v) is 16.9. The lowest BCUT2D eigenvalue weighted by molar-refractivity contribution is 0.0783. The first-order valence-electron chi connectivity index (χ1n) is 8.97. The molecule has 0 aliphatic heterocycles. The molecule has 8 heteroatoms. The summed E-state index contributed by atoms with van der Waals surface area (Å²) >= 11 is 1.27. The number of aryl methyl sites for hydroxylation is 1. The van der Waals surface area contributed by atoms with E-state index in [-0.39, 0.29) is 18.3 Å². The largest absolute Gasteiger partial charge is 0.336 e. The average Bonchev–Trinajstić information content (AvgIpc) is 3.13. The second kappa shape index (κ2) is 9.29. The molecule has 0 saturated heterocycles. The van der Waals surface area contributed by atoms with Gasteiger partial charge >= 0.3 is 6.03 Å². The van der Waals surface area contributed by atoms with E-state index in [0.717, 1.165) is 5.56 Å². The molecule has 2 N–H and O–H groups in total. The Kier molecular flexibility index (Phi) is 6.56. The number of halogens is 1. The van der Waals surface area contributed by atoms with Crippen molar-refractivity contribution in [2.24, 2.45) is 0 Å². The maximum absolute atomic E-state index is 13.2. The first kappa shape index (κ1) is 20.5. The smallest absolute Gasteiger partial charge is 0.321 e. The van der Waals surface area contributed by atoms with Gasteiger partial charge in [0, 0.05) is 24.5 Å². The summed E-state index contributed by atoms with van der Waals surface area (Å²) in [5, 5.41) is 7.53. The van der Waals surface area contributed by atoms with Crippen LogP contribution in [0.15, 0.2) is 53.9 Å². The van der Waals surface area contributed by atoms with Gasteiger partial charge in [0.05, 0.1) is 12.2 Å². The quantitative estimate of drug-likeness (QED) is 0.638. The van der Waals surface area contributed by atoms with Gasteiger partial charge in [-0.1, -0.05) is 30.3 Å². The van der Waals surface area contributed by atoms with Gasteiger partial charge in [0.15, 0.2) is 5.13 Å². The molecule has 3 rings (SSSR count). The van der Waals surface area contributed by atoms with Gasteiger partial charge in [-0.15, -0.1) is 11.3 Å². The lowest BCUT2D eigenvalue weighted by Crippen LogP contribution is -2.28. The molecule has 150 valence electrons. The molecule has 1 heterocycles. The molecule has 3 amide bonds. The lowest BCUT2D eigenvalue weighted by Gasteiger charge is -2.17. The number of hydrogen-bond donors (Lipinski definition) is 2. The highest BCUT2D eigenvalue weighted by Gasteiger charge is 2.15. The number of urea groups is 1. The average molecular weight is 412 g/mol. The molecular formula is C21H21FN4O2S. The van der Waals surface area contributed by atoms with Crippen molar-refractivity contribution in [3.63, 3.8) is 0 Å². The van der Waals surface area contributed by atoms with Crippen LogP contribution in [0, 0.1) is 12.7 Å². The van der Waals surface area contributed by atoms with Crippen LogP contribution in [0.3, 0.4) is 0 Å². The van der Waals surface area contributed by atoms with Crippen LogP contribution in [0.4, 0.5) is 14.3 Å². The Balaban J connectivity index is 1.53. The van der Waals surface area contributed by atoms with Gasteiger partial charge in [-0.3, -0.25) is 10.1 Å². The summed E-state index contributed by atoms with van der Waals surface area (Å²) in [6, 6.07) is 13.0. The van der Waals surface area contributed by atoms with Gasteiger partial charge in [0.2, 0.25) is 0 Å². The van der Waals surface area contributed by atoms with Crippen LogP contribution in [-0.2, 0) is 13.1 Å². The lowest BCUT2D eigenvalue weighted by atomic mass is 10.1. The molecule has 0 radical (unpaired) electrons. The summed E-state index contributed by atoms with van der Waals surface area (Å²) in [5.74, 6) is -0.433. The van der Waals surface area contributed by atoms with E-state index in [9.17, 15) is 14.0 Å². The maximum atomic E-state index is 13.2. The number of carbonyl (C=O) groups excluding carboxylic acids is 2. The summed E-state index contributed by atoms with van der Waals surface area (Å²) in [4.78, 5) is 30.6. The second-order valence-electron chi connectivity index (χ2n) is 6.56. The Hall–Kier alpha value is -3.26. The van der Waals surface area contributed by atoms with Crippen molar-refractivity contribution < 1.29 is 14.0 Å². The summed E-state index contributed by atoms with van der Waals surface area (Å²) in [6.07, 6.45) is 0. The standard InChI is InChI=1S/C21H21FN4O2S/c1-14-6-3-4-9-18(14)19(27)26(2)12-17-13-29-21(24-17)25-20(28)23-11-15-7-5-8-16(22)10-15/h3-10,13H,11-12H2,1-2H3,(H2,23,24,25,28). The minimum Gasteiger partial charge on any atom is -0.336 e. The minimum atomic E-state index is -0.431. The van der Waals surface area contributed by atoms with Gasteiger partial charge in [-0.05, 0) is 36.2 Å². The van der Waals surface area contributed by atoms with Gasteiger partial charge < -0.3 is 10.2 Å². The number of hydrogen-bond acceptors (Lipinski definition) is 4. The van der Waals surface area contributed by atoms with Gasteiger partial charge in [-0.2, -0.15) is 0 Å². The van der Waals surface area contributed by atoms with E-state index in [1.807, 2.05) is 25.1 Å². The summed E-state index contributed by atoms with van der Waals surface area (Å²) < 4.78 is 13.2. The van der Waals surface area contributed by atoms with E-state index in [4.69, 9.17) is 0 Å². The number of benzene rings is 2. The third kappa shape index (κ3) is 5.61. The fraction of sp³-hybridized carbons (Fsp3) is 0.190. The SMILES string of the molecule is Cc1ccccc1C(=O)N(C)Cc1csc(NC(=O)NCc2cccc(F)c2)n1. The van der Waals surface area contributed by atoms with Crippen molar-refractivity contribution in [1.82, 2.24) is 15.2 Å². The maximum Gasteiger partial charge on any atom is 0.321 e. The number of rotatable bonds is 6. The third-order valence-corrected chi connectivity index (χ3v) is 5.04. The normalized spacial score (nSPS) is 10.4. The highest BCUT2D eigenvalue weighted by atomic mass is 32.1. The van der Waals surface area contributed by atoms with Crippen molar-refractivity contribution in [1.29, 1.82) is 0 Å². The Bertz CT molecular complexity index is 1020. The van der Waals surface area contributed by atoms with Crippen molar-refractivity contribution in [2.75, 3.05) is 12.4 Å². The molecule has 0 aliphatic rings. The number of anilines is 1. The van der Waals surface area contributed by atoms with E-state index in [1.165, 1.54) is 23.5 Å². The van der Waals surface area contributed by atoms with Crippen molar-refractivity contribution in [3.05, 3.63) is 82.1 Å². The van der Waals surface area contributed by atoms with E-state index >= 15 is 0 Å². The minimum absolute atomic E-state index is 0.0848. The fourth-order valence-corrected chi connectivity index (χ4v) is 3.44. The predicted octanol–water partition coefficient (Wildman–Crippen LogP) is 4.18. The number of aromatic nitrogens is 1. The topological polar surface area (TPSA) is 74.3 Å². The Morgan fingerprint density at radius 3 is 2.72 bits per heavy atom. The molecule has 0 bridgehead atoms. The molecule has 0 fully saturated rings. The number of carbonyl (C=O) groups is 2. The first-order valence-corrected chi connectivity index (χ1v) is 9.85. The summed E-state index contributed by atoms with van der Waals surface area (Å²) in [7, 11) is 1.72. The summed E-state index contributed by atoms with van der Waals surface area (Å²) in [5.41, 5.74) is 2.91.